The summed E-state index contributed by atoms with van der Waals surface area (Å²) in [7, 11) is 0. The highest BCUT2D eigenvalue weighted by atomic mass is 16.2. The fraction of sp³-hybridized carbons (Fsp3) is 0.300. The molecule has 0 bridgehead atoms. The molecule has 0 aliphatic carbocycles. The molecule has 0 atom stereocenters. The Kier molecular flexibility index (Phi) is 5.21. The first kappa shape index (κ1) is 18.6. The van der Waals surface area contributed by atoms with Gasteiger partial charge < -0.3 is 5.32 Å². The van der Waals surface area contributed by atoms with Crippen molar-refractivity contribution in [2.24, 2.45) is 0 Å². The average molecular weight is 365 g/mol. The van der Waals surface area contributed by atoms with Crippen LogP contribution in [-0.4, -0.2) is 32.0 Å². The SMILES string of the molecule is Cc1cc(C)cc(C(=O)NCCn2nc(-n3nc(C)cc3C)ccc2=O)c1. The highest BCUT2D eigenvalue weighted by molar-refractivity contribution is 5.94. The van der Waals surface area contributed by atoms with Crippen LogP contribution in [0.5, 0.6) is 0 Å². The van der Waals surface area contributed by atoms with Crippen LogP contribution in [-0.2, 0) is 6.54 Å². The van der Waals surface area contributed by atoms with E-state index in [9.17, 15) is 9.59 Å². The van der Waals surface area contributed by atoms with E-state index < -0.39 is 0 Å². The van der Waals surface area contributed by atoms with Crippen molar-refractivity contribution in [3.8, 4) is 5.82 Å². The minimum Gasteiger partial charge on any atom is -0.350 e. The Morgan fingerprint density at radius 2 is 1.70 bits per heavy atom. The Balaban J connectivity index is 1.71. The smallest absolute Gasteiger partial charge is 0.266 e. The van der Waals surface area contributed by atoms with Crippen LogP contribution in [0.15, 0.2) is 41.2 Å². The number of hydrogen-bond donors (Lipinski definition) is 1. The second-order valence-corrected chi connectivity index (χ2v) is 6.72. The molecular weight excluding hydrogens is 342 g/mol. The van der Waals surface area contributed by atoms with E-state index in [1.165, 1.54) is 10.7 Å². The lowest BCUT2D eigenvalue weighted by molar-refractivity contribution is 0.0951. The number of aromatic nitrogens is 4. The number of benzene rings is 1. The summed E-state index contributed by atoms with van der Waals surface area (Å²) in [6.45, 7) is 8.33. The Hall–Kier alpha value is -3.22. The van der Waals surface area contributed by atoms with E-state index in [0.29, 0.717) is 17.9 Å². The quantitative estimate of drug-likeness (QED) is 0.751. The van der Waals surface area contributed by atoms with Gasteiger partial charge in [0.1, 0.15) is 0 Å². The third-order valence-electron chi connectivity index (χ3n) is 4.17. The third-order valence-corrected chi connectivity index (χ3v) is 4.17. The van der Waals surface area contributed by atoms with Gasteiger partial charge in [-0.2, -0.15) is 5.10 Å². The summed E-state index contributed by atoms with van der Waals surface area (Å²) < 4.78 is 3.03. The number of nitrogens with one attached hydrogen (secondary N) is 1. The number of carbonyl (C=O) groups excluding carboxylic acids is 1. The molecule has 0 unspecified atom stereocenters. The zero-order valence-corrected chi connectivity index (χ0v) is 16.0. The monoisotopic (exact) mass is 365 g/mol. The molecule has 140 valence electrons. The maximum absolute atomic E-state index is 12.3. The van der Waals surface area contributed by atoms with Crippen molar-refractivity contribution in [1.82, 2.24) is 24.9 Å². The van der Waals surface area contributed by atoms with Crippen LogP contribution in [0.4, 0.5) is 0 Å². The summed E-state index contributed by atoms with van der Waals surface area (Å²) in [6.07, 6.45) is 0. The van der Waals surface area contributed by atoms with Gasteiger partial charge in [0.05, 0.1) is 12.2 Å². The molecule has 2 aromatic heterocycles. The molecule has 0 aliphatic rings. The van der Waals surface area contributed by atoms with Gasteiger partial charge in [0.25, 0.3) is 11.5 Å². The lowest BCUT2D eigenvalue weighted by Gasteiger charge is -2.10. The van der Waals surface area contributed by atoms with E-state index in [0.717, 1.165) is 22.5 Å². The Morgan fingerprint density at radius 3 is 2.33 bits per heavy atom. The summed E-state index contributed by atoms with van der Waals surface area (Å²) in [6, 6.07) is 10.8. The van der Waals surface area contributed by atoms with E-state index in [1.54, 1.807) is 10.7 Å². The Bertz CT molecular complexity index is 1030. The molecule has 27 heavy (non-hydrogen) atoms. The molecule has 0 fully saturated rings. The van der Waals surface area contributed by atoms with Crippen LogP contribution >= 0.6 is 0 Å². The summed E-state index contributed by atoms with van der Waals surface area (Å²) >= 11 is 0. The van der Waals surface area contributed by atoms with Gasteiger partial charge in [-0.25, -0.2) is 9.36 Å². The standard InChI is InChI=1S/C20H23N5O2/c1-13-9-14(2)11-17(10-13)20(27)21-7-8-24-19(26)6-5-18(23-24)25-16(4)12-15(3)22-25/h5-6,9-12H,7-8H2,1-4H3,(H,21,27). The summed E-state index contributed by atoms with van der Waals surface area (Å²) in [5.74, 6) is 0.408. The number of hydrogen-bond acceptors (Lipinski definition) is 4. The number of aryl methyl sites for hydroxylation is 4. The van der Waals surface area contributed by atoms with E-state index in [2.05, 4.69) is 15.5 Å². The first-order valence-electron chi connectivity index (χ1n) is 8.82. The number of amides is 1. The molecule has 2 heterocycles. The lowest BCUT2D eigenvalue weighted by atomic mass is 10.1. The molecule has 1 aromatic carbocycles. The van der Waals surface area contributed by atoms with E-state index in [1.807, 2.05) is 52.0 Å². The van der Waals surface area contributed by atoms with Crippen LogP contribution in [0.3, 0.4) is 0 Å². The summed E-state index contributed by atoms with van der Waals surface area (Å²) in [5, 5.41) is 11.6. The van der Waals surface area contributed by atoms with Crippen molar-refractivity contribution in [3.63, 3.8) is 0 Å². The highest BCUT2D eigenvalue weighted by Gasteiger charge is 2.09. The number of nitrogens with zero attached hydrogens (tertiary/aromatic N) is 4. The van der Waals surface area contributed by atoms with Gasteiger partial charge in [0.15, 0.2) is 5.82 Å². The fourth-order valence-electron chi connectivity index (χ4n) is 3.06. The van der Waals surface area contributed by atoms with Gasteiger partial charge in [-0.15, -0.1) is 5.10 Å². The average Bonchev–Trinajstić information content (AvgIpc) is 2.94. The predicted octanol–water partition coefficient (Wildman–Crippen LogP) is 2.09. The van der Waals surface area contributed by atoms with Gasteiger partial charge >= 0.3 is 0 Å². The van der Waals surface area contributed by atoms with Crippen LogP contribution in [0, 0.1) is 27.7 Å². The highest BCUT2D eigenvalue weighted by Crippen LogP contribution is 2.09. The zero-order chi connectivity index (χ0) is 19.6. The van der Waals surface area contributed by atoms with Gasteiger partial charge in [-0.1, -0.05) is 17.2 Å². The lowest BCUT2D eigenvalue weighted by Crippen LogP contribution is -2.32. The minimum atomic E-state index is -0.221. The first-order chi connectivity index (χ1) is 12.8. The van der Waals surface area contributed by atoms with Gasteiger partial charge in [0, 0.05) is 23.9 Å². The maximum Gasteiger partial charge on any atom is 0.266 e. The first-order valence-corrected chi connectivity index (χ1v) is 8.82. The molecule has 0 radical (unpaired) electrons. The normalized spacial score (nSPS) is 10.8. The predicted molar refractivity (Wildman–Crippen MR) is 103 cm³/mol. The van der Waals surface area contributed by atoms with Crippen LogP contribution in [0.25, 0.3) is 5.82 Å². The second kappa shape index (κ2) is 7.57. The molecule has 7 nitrogen and oxygen atoms in total. The van der Waals surface area contributed by atoms with E-state index >= 15 is 0 Å². The van der Waals surface area contributed by atoms with Gasteiger partial charge in [-0.05, 0) is 52.0 Å². The van der Waals surface area contributed by atoms with E-state index in [-0.39, 0.29) is 18.0 Å². The summed E-state index contributed by atoms with van der Waals surface area (Å²) in [5.41, 5.74) is 4.29. The molecule has 0 saturated heterocycles. The van der Waals surface area contributed by atoms with E-state index in [4.69, 9.17) is 0 Å². The number of rotatable bonds is 5. The topological polar surface area (TPSA) is 81.8 Å². The minimum absolute atomic E-state index is 0.162. The van der Waals surface area contributed by atoms with Crippen LogP contribution in [0.1, 0.15) is 32.9 Å². The Morgan fingerprint density at radius 1 is 1.00 bits per heavy atom. The zero-order valence-electron chi connectivity index (χ0n) is 16.0. The third kappa shape index (κ3) is 4.31. The van der Waals surface area contributed by atoms with Crippen molar-refractivity contribution >= 4 is 5.91 Å². The van der Waals surface area contributed by atoms with Crippen molar-refractivity contribution < 1.29 is 4.79 Å². The molecule has 7 heteroatoms. The second-order valence-electron chi connectivity index (χ2n) is 6.72. The molecule has 1 amide bonds. The molecule has 0 aliphatic heterocycles. The van der Waals surface area contributed by atoms with Crippen molar-refractivity contribution in [2.45, 2.75) is 34.2 Å². The molecule has 3 aromatic rings. The molecule has 0 saturated carbocycles. The van der Waals surface area contributed by atoms with Gasteiger partial charge in [-0.3, -0.25) is 9.59 Å². The largest absolute Gasteiger partial charge is 0.350 e. The summed E-state index contributed by atoms with van der Waals surface area (Å²) in [4.78, 5) is 24.4. The van der Waals surface area contributed by atoms with Crippen molar-refractivity contribution in [2.75, 3.05) is 6.54 Å². The van der Waals surface area contributed by atoms with Crippen molar-refractivity contribution in [1.29, 1.82) is 0 Å². The fourth-order valence-corrected chi connectivity index (χ4v) is 3.06. The number of carbonyl (C=O) groups is 1. The Labute approximate surface area is 157 Å². The van der Waals surface area contributed by atoms with Crippen molar-refractivity contribution in [3.05, 3.63) is 74.8 Å². The molecular formula is C20H23N5O2. The van der Waals surface area contributed by atoms with Gasteiger partial charge in [0.2, 0.25) is 0 Å². The van der Waals surface area contributed by atoms with Crippen LogP contribution < -0.4 is 10.9 Å². The maximum atomic E-state index is 12.3. The molecule has 1 N–H and O–H groups in total. The molecule has 0 spiro atoms. The molecule has 3 rings (SSSR count). The van der Waals surface area contributed by atoms with Crippen LogP contribution in [0.2, 0.25) is 0 Å².